The van der Waals surface area contributed by atoms with E-state index in [9.17, 15) is 0 Å². The molecule has 1 N–H and O–H groups in total. The van der Waals surface area contributed by atoms with Crippen molar-refractivity contribution in [1.29, 1.82) is 0 Å². The van der Waals surface area contributed by atoms with Crippen molar-refractivity contribution in [2.45, 2.75) is 50.7 Å². The molecule has 0 aromatic carbocycles. The Kier molecular flexibility index (Phi) is 5.84. The highest BCUT2D eigenvalue weighted by Gasteiger charge is 2.23. The number of hydrogen-bond donors (Lipinski definition) is 1. The van der Waals surface area contributed by atoms with Crippen molar-refractivity contribution < 1.29 is 0 Å². The first-order valence-corrected chi connectivity index (χ1v) is 8.71. The molecule has 3 heteroatoms. The zero-order chi connectivity index (χ0) is 12.8. The van der Waals surface area contributed by atoms with Gasteiger partial charge in [-0.15, -0.1) is 0 Å². The third-order valence-electron chi connectivity index (χ3n) is 4.44. The van der Waals surface area contributed by atoms with E-state index in [2.05, 4.69) is 35.8 Å². The quantitative estimate of drug-likeness (QED) is 0.773. The first-order chi connectivity index (χ1) is 8.66. The van der Waals surface area contributed by atoms with Crippen LogP contribution < -0.4 is 5.32 Å². The standard InChI is InChI=1S/C15H30N2S/c1-15(2)7-9-17(11-12-18-15)10-8-16-13-14-5-3-4-6-14/h14,16H,3-13H2,1-2H3. The maximum absolute atomic E-state index is 3.67. The second-order valence-electron chi connectivity index (χ2n) is 6.55. The van der Waals surface area contributed by atoms with E-state index in [1.165, 1.54) is 70.6 Å². The van der Waals surface area contributed by atoms with Gasteiger partial charge in [-0.25, -0.2) is 0 Å². The lowest BCUT2D eigenvalue weighted by Crippen LogP contribution is -2.35. The predicted molar refractivity (Wildman–Crippen MR) is 82.4 cm³/mol. The Morgan fingerprint density at radius 1 is 1.22 bits per heavy atom. The van der Waals surface area contributed by atoms with Gasteiger partial charge in [-0.2, -0.15) is 11.8 Å². The first kappa shape index (κ1) is 14.7. The number of rotatable bonds is 5. The average molecular weight is 270 g/mol. The molecule has 1 saturated heterocycles. The average Bonchev–Trinajstić information content (AvgIpc) is 2.77. The lowest BCUT2D eigenvalue weighted by atomic mass is 10.1. The van der Waals surface area contributed by atoms with E-state index in [4.69, 9.17) is 0 Å². The third-order valence-corrected chi connectivity index (χ3v) is 5.82. The minimum atomic E-state index is 0.492. The lowest BCUT2D eigenvalue weighted by molar-refractivity contribution is 0.281. The van der Waals surface area contributed by atoms with Crippen molar-refractivity contribution >= 4 is 11.8 Å². The van der Waals surface area contributed by atoms with Gasteiger partial charge in [0, 0.05) is 30.1 Å². The molecule has 0 spiro atoms. The van der Waals surface area contributed by atoms with Crippen LogP contribution in [0.25, 0.3) is 0 Å². The maximum atomic E-state index is 3.67. The van der Waals surface area contributed by atoms with Gasteiger partial charge in [0.25, 0.3) is 0 Å². The van der Waals surface area contributed by atoms with E-state index >= 15 is 0 Å². The fourth-order valence-electron chi connectivity index (χ4n) is 3.04. The number of thioether (sulfide) groups is 1. The highest BCUT2D eigenvalue weighted by atomic mass is 32.2. The Morgan fingerprint density at radius 3 is 2.78 bits per heavy atom. The fourth-order valence-corrected chi connectivity index (χ4v) is 4.18. The number of hydrogen-bond acceptors (Lipinski definition) is 3. The molecule has 1 heterocycles. The summed E-state index contributed by atoms with van der Waals surface area (Å²) in [7, 11) is 0. The first-order valence-electron chi connectivity index (χ1n) is 7.73. The summed E-state index contributed by atoms with van der Waals surface area (Å²) in [5.41, 5.74) is 0. The van der Waals surface area contributed by atoms with E-state index in [0.29, 0.717) is 4.75 Å². The fraction of sp³-hybridized carbons (Fsp3) is 1.00. The maximum Gasteiger partial charge on any atom is 0.0116 e. The molecule has 0 amide bonds. The molecule has 106 valence electrons. The molecule has 2 fully saturated rings. The predicted octanol–water partition coefficient (Wildman–Crippen LogP) is 2.98. The molecule has 18 heavy (non-hydrogen) atoms. The summed E-state index contributed by atoms with van der Waals surface area (Å²) < 4.78 is 0.492. The van der Waals surface area contributed by atoms with Crippen LogP contribution in [0.5, 0.6) is 0 Å². The highest BCUT2D eigenvalue weighted by molar-refractivity contribution is 8.00. The zero-order valence-corrected chi connectivity index (χ0v) is 13.0. The molecular formula is C15H30N2S. The van der Waals surface area contributed by atoms with Gasteiger partial charge in [0.15, 0.2) is 0 Å². The molecule has 2 aliphatic rings. The lowest BCUT2D eigenvalue weighted by Gasteiger charge is -2.22. The largest absolute Gasteiger partial charge is 0.315 e. The Labute approximate surface area is 117 Å². The summed E-state index contributed by atoms with van der Waals surface area (Å²) in [6, 6.07) is 0. The molecular weight excluding hydrogens is 240 g/mol. The van der Waals surface area contributed by atoms with Crippen LogP contribution in [0.15, 0.2) is 0 Å². The Morgan fingerprint density at radius 2 is 2.00 bits per heavy atom. The van der Waals surface area contributed by atoms with Crippen LogP contribution in [0.2, 0.25) is 0 Å². The number of nitrogens with zero attached hydrogens (tertiary/aromatic N) is 1. The molecule has 1 aliphatic carbocycles. The van der Waals surface area contributed by atoms with Crippen molar-refractivity contribution in [3.63, 3.8) is 0 Å². The zero-order valence-electron chi connectivity index (χ0n) is 12.2. The van der Waals surface area contributed by atoms with Crippen LogP contribution in [0.3, 0.4) is 0 Å². The van der Waals surface area contributed by atoms with E-state index in [1.807, 2.05) is 0 Å². The number of nitrogens with one attached hydrogen (secondary N) is 1. The van der Waals surface area contributed by atoms with E-state index < -0.39 is 0 Å². The van der Waals surface area contributed by atoms with Gasteiger partial charge in [0.05, 0.1) is 0 Å². The molecule has 0 aromatic rings. The van der Waals surface area contributed by atoms with Gasteiger partial charge in [0.1, 0.15) is 0 Å². The third kappa shape index (κ3) is 5.10. The monoisotopic (exact) mass is 270 g/mol. The van der Waals surface area contributed by atoms with Crippen LogP contribution >= 0.6 is 11.8 Å². The Bertz CT molecular complexity index is 237. The molecule has 0 aromatic heterocycles. The minimum Gasteiger partial charge on any atom is -0.315 e. The van der Waals surface area contributed by atoms with Crippen molar-refractivity contribution in [1.82, 2.24) is 10.2 Å². The van der Waals surface area contributed by atoms with Crippen molar-refractivity contribution in [3.05, 3.63) is 0 Å². The van der Waals surface area contributed by atoms with Gasteiger partial charge < -0.3 is 10.2 Å². The second-order valence-corrected chi connectivity index (χ2v) is 8.36. The molecule has 0 radical (unpaired) electrons. The summed E-state index contributed by atoms with van der Waals surface area (Å²) in [5.74, 6) is 2.28. The molecule has 0 unspecified atom stereocenters. The molecule has 2 rings (SSSR count). The SMILES string of the molecule is CC1(C)CCN(CCNCC2CCCC2)CCS1. The van der Waals surface area contributed by atoms with E-state index in [1.54, 1.807) is 0 Å². The van der Waals surface area contributed by atoms with Gasteiger partial charge in [-0.05, 0) is 38.3 Å². The smallest absolute Gasteiger partial charge is 0.0116 e. The summed E-state index contributed by atoms with van der Waals surface area (Å²) in [5, 5.41) is 3.67. The summed E-state index contributed by atoms with van der Waals surface area (Å²) in [4.78, 5) is 2.64. The van der Waals surface area contributed by atoms with E-state index in [-0.39, 0.29) is 0 Å². The van der Waals surface area contributed by atoms with Crippen LogP contribution in [-0.4, -0.2) is 48.1 Å². The van der Waals surface area contributed by atoms with Crippen LogP contribution in [-0.2, 0) is 0 Å². The molecule has 1 saturated carbocycles. The molecule has 0 atom stereocenters. The normalized spacial score (nSPS) is 26.3. The molecule has 1 aliphatic heterocycles. The van der Waals surface area contributed by atoms with Gasteiger partial charge >= 0.3 is 0 Å². The van der Waals surface area contributed by atoms with Gasteiger partial charge in [0.2, 0.25) is 0 Å². The topological polar surface area (TPSA) is 15.3 Å². The van der Waals surface area contributed by atoms with Gasteiger partial charge in [-0.1, -0.05) is 26.7 Å². The van der Waals surface area contributed by atoms with Crippen LogP contribution in [0, 0.1) is 5.92 Å². The second kappa shape index (κ2) is 7.16. The summed E-state index contributed by atoms with van der Waals surface area (Å²) in [6.45, 7) is 11.0. The van der Waals surface area contributed by atoms with Gasteiger partial charge in [-0.3, -0.25) is 0 Å². The van der Waals surface area contributed by atoms with Crippen LogP contribution in [0.4, 0.5) is 0 Å². The summed E-state index contributed by atoms with van der Waals surface area (Å²) in [6.07, 6.45) is 7.18. The van der Waals surface area contributed by atoms with Crippen molar-refractivity contribution in [2.24, 2.45) is 5.92 Å². The summed E-state index contributed by atoms with van der Waals surface area (Å²) >= 11 is 2.14. The molecule has 0 bridgehead atoms. The van der Waals surface area contributed by atoms with Crippen molar-refractivity contribution in [2.75, 3.05) is 38.5 Å². The highest BCUT2D eigenvalue weighted by Crippen LogP contribution is 2.30. The molecule has 2 nitrogen and oxygen atoms in total. The van der Waals surface area contributed by atoms with Crippen molar-refractivity contribution in [3.8, 4) is 0 Å². The van der Waals surface area contributed by atoms with E-state index in [0.717, 1.165) is 5.92 Å². The Hall–Kier alpha value is 0.270. The van der Waals surface area contributed by atoms with Crippen LogP contribution in [0.1, 0.15) is 46.0 Å². The Balaban J connectivity index is 1.55. The minimum absolute atomic E-state index is 0.492.